The zero-order chi connectivity index (χ0) is 23.2. The standard InChI is InChI=1S/C24H31NO6S/c1-23(30-3)13-15-24(16-14-23,32(27,28)21-11-9-20(29-2)10-12-21)25-17-22(26)31-18-19-7-5-4-6-8-19/h4-12,25H,13-18H2,1-3H3. The van der Waals surface area contributed by atoms with Gasteiger partial charge in [-0.25, -0.2) is 8.42 Å². The van der Waals surface area contributed by atoms with Crippen LogP contribution in [-0.4, -0.2) is 45.6 Å². The van der Waals surface area contributed by atoms with Gasteiger partial charge in [-0.3, -0.25) is 10.1 Å². The Bertz CT molecular complexity index is 997. The lowest BCUT2D eigenvalue weighted by Crippen LogP contribution is -2.57. The van der Waals surface area contributed by atoms with Gasteiger partial charge in [0.1, 0.15) is 17.2 Å². The average molecular weight is 462 g/mol. The molecule has 0 radical (unpaired) electrons. The molecule has 0 amide bonds. The summed E-state index contributed by atoms with van der Waals surface area (Å²) in [6.07, 6.45) is 1.73. The molecule has 1 N–H and O–H groups in total. The molecule has 174 valence electrons. The van der Waals surface area contributed by atoms with Crippen molar-refractivity contribution in [1.82, 2.24) is 5.32 Å². The van der Waals surface area contributed by atoms with E-state index in [9.17, 15) is 13.2 Å². The van der Waals surface area contributed by atoms with Crippen molar-refractivity contribution >= 4 is 15.8 Å². The Morgan fingerprint density at radius 2 is 1.59 bits per heavy atom. The fourth-order valence-corrected chi connectivity index (χ4v) is 5.88. The first-order valence-corrected chi connectivity index (χ1v) is 12.1. The number of carbonyl (C=O) groups is 1. The van der Waals surface area contributed by atoms with Crippen LogP contribution in [0.25, 0.3) is 0 Å². The minimum absolute atomic E-state index is 0.140. The summed E-state index contributed by atoms with van der Waals surface area (Å²) < 4.78 is 43.5. The molecule has 2 aromatic rings. The molecule has 1 saturated carbocycles. The Labute approximate surface area is 190 Å². The number of methoxy groups -OCH3 is 2. The number of nitrogens with one attached hydrogen (secondary N) is 1. The van der Waals surface area contributed by atoms with Gasteiger partial charge in [0.25, 0.3) is 0 Å². The zero-order valence-electron chi connectivity index (χ0n) is 18.8. The SMILES string of the molecule is COc1ccc(S(=O)(=O)C2(NCC(=O)OCc3ccccc3)CCC(C)(OC)CC2)cc1. The zero-order valence-corrected chi connectivity index (χ0v) is 19.6. The van der Waals surface area contributed by atoms with E-state index >= 15 is 0 Å². The molecule has 0 spiro atoms. The first-order chi connectivity index (χ1) is 15.2. The Balaban J connectivity index is 1.77. The summed E-state index contributed by atoms with van der Waals surface area (Å²) in [6.45, 7) is 1.91. The molecule has 0 bridgehead atoms. The van der Waals surface area contributed by atoms with Crippen LogP contribution >= 0.6 is 0 Å². The highest BCUT2D eigenvalue weighted by Gasteiger charge is 2.50. The van der Waals surface area contributed by atoms with Crippen LogP contribution in [0.1, 0.15) is 38.2 Å². The maximum absolute atomic E-state index is 13.7. The highest BCUT2D eigenvalue weighted by atomic mass is 32.2. The van der Waals surface area contributed by atoms with Gasteiger partial charge in [-0.15, -0.1) is 0 Å². The lowest BCUT2D eigenvalue weighted by Gasteiger charge is -2.44. The molecule has 3 rings (SSSR count). The third-order valence-corrected chi connectivity index (χ3v) is 8.76. The van der Waals surface area contributed by atoms with Crippen LogP contribution in [-0.2, 0) is 30.7 Å². The smallest absolute Gasteiger partial charge is 0.320 e. The molecule has 7 nitrogen and oxygen atoms in total. The number of hydrogen-bond acceptors (Lipinski definition) is 7. The van der Waals surface area contributed by atoms with E-state index in [2.05, 4.69) is 5.32 Å². The van der Waals surface area contributed by atoms with Crippen molar-refractivity contribution in [2.45, 2.75) is 54.6 Å². The number of sulfone groups is 1. The van der Waals surface area contributed by atoms with Gasteiger partial charge < -0.3 is 14.2 Å². The van der Waals surface area contributed by atoms with E-state index < -0.39 is 26.3 Å². The molecule has 0 unspecified atom stereocenters. The topological polar surface area (TPSA) is 90.9 Å². The quantitative estimate of drug-likeness (QED) is 0.572. The molecular weight excluding hydrogens is 430 g/mol. The van der Waals surface area contributed by atoms with Gasteiger partial charge in [-0.2, -0.15) is 0 Å². The second-order valence-electron chi connectivity index (χ2n) is 8.33. The van der Waals surface area contributed by atoms with E-state index in [-0.39, 0.29) is 18.0 Å². The lowest BCUT2D eigenvalue weighted by atomic mass is 9.83. The maximum Gasteiger partial charge on any atom is 0.320 e. The summed E-state index contributed by atoms with van der Waals surface area (Å²) in [6, 6.07) is 15.7. The van der Waals surface area contributed by atoms with E-state index in [1.165, 1.54) is 19.2 Å². The normalized spacial score (nSPS) is 23.5. The predicted molar refractivity (Wildman–Crippen MR) is 121 cm³/mol. The fourth-order valence-electron chi connectivity index (χ4n) is 3.93. The van der Waals surface area contributed by atoms with Crippen LogP contribution in [0.15, 0.2) is 59.5 Å². The predicted octanol–water partition coefficient (Wildman–Crippen LogP) is 3.48. The number of benzene rings is 2. The molecule has 2 aromatic carbocycles. The van der Waals surface area contributed by atoms with Crippen molar-refractivity contribution < 1.29 is 27.4 Å². The third-order valence-electron chi connectivity index (χ3n) is 6.29. The van der Waals surface area contributed by atoms with Gasteiger partial charge in [-0.1, -0.05) is 30.3 Å². The van der Waals surface area contributed by atoms with E-state index in [1.807, 2.05) is 37.3 Å². The molecule has 0 saturated heterocycles. The van der Waals surface area contributed by atoms with Crippen LogP contribution in [0.5, 0.6) is 5.75 Å². The van der Waals surface area contributed by atoms with Gasteiger partial charge in [0.2, 0.25) is 0 Å². The molecule has 1 fully saturated rings. The Morgan fingerprint density at radius 1 is 0.969 bits per heavy atom. The molecular formula is C24H31NO6S. The highest BCUT2D eigenvalue weighted by molar-refractivity contribution is 7.92. The second kappa shape index (κ2) is 10.0. The molecule has 1 aliphatic rings. The summed E-state index contributed by atoms with van der Waals surface area (Å²) >= 11 is 0. The Morgan fingerprint density at radius 3 is 2.16 bits per heavy atom. The second-order valence-corrected chi connectivity index (χ2v) is 10.6. The van der Waals surface area contributed by atoms with Gasteiger partial charge >= 0.3 is 5.97 Å². The number of rotatable bonds is 9. The van der Waals surface area contributed by atoms with Crippen molar-refractivity contribution in [2.24, 2.45) is 0 Å². The number of esters is 1. The molecule has 1 aliphatic carbocycles. The van der Waals surface area contributed by atoms with Crippen LogP contribution in [0, 0.1) is 0 Å². The summed E-state index contributed by atoms with van der Waals surface area (Å²) in [5.41, 5.74) is 0.476. The summed E-state index contributed by atoms with van der Waals surface area (Å²) in [4.78, 5) is 11.3. The highest BCUT2D eigenvalue weighted by Crippen LogP contribution is 2.42. The minimum atomic E-state index is -3.80. The summed E-state index contributed by atoms with van der Waals surface area (Å²) in [5.74, 6) is 0.0734. The first kappa shape index (κ1) is 24.2. The fraction of sp³-hybridized carbons (Fsp3) is 0.458. The van der Waals surface area contributed by atoms with E-state index in [4.69, 9.17) is 14.2 Å². The van der Waals surface area contributed by atoms with Crippen LogP contribution < -0.4 is 10.1 Å². The van der Waals surface area contributed by atoms with Gasteiger partial charge in [0.05, 0.1) is 24.2 Å². The average Bonchev–Trinajstić information content (AvgIpc) is 2.83. The summed E-state index contributed by atoms with van der Waals surface area (Å²) in [5, 5.41) is 3.05. The van der Waals surface area contributed by atoms with E-state index in [1.54, 1.807) is 19.2 Å². The molecule has 8 heteroatoms. The Kier molecular flexibility index (Phi) is 7.59. The third kappa shape index (κ3) is 5.31. The first-order valence-electron chi connectivity index (χ1n) is 10.6. The van der Waals surface area contributed by atoms with Crippen LogP contribution in [0.4, 0.5) is 0 Å². The van der Waals surface area contributed by atoms with Crippen molar-refractivity contribution in [1.29, 1.82) is 0 Å². The van der Waals surface area contributed by atoms with E-state index in [0.717, 1.165) is 5.56 Å². The Hall–Kier alpha value is -2.42. The van der Waals surface area contributed by atoms with Gasteiger partial charge in [0, 0.05) is 7.11 Å². The molecule has 0 aliphatic heterocycles. The molecule has 0 heterocycles. The van der Waals surface area contributed by atoms with Gasteiger partial charge in [0.15, 0.2) is 9.84 Å². The summed E-state index contributed by atoms with van der Waals surface area (Å²) in [7, 11) is -0.633. The number of carbonyl (C=O) groups excluding carboxylic acids is 1. The molecule has 0 atom stereocenters. The van der Waals surface area contributed by atoms with E-state index in [0.29, 0.717) is 31.4 Å². The van der Waals surface area contributed by atoms with Crippen LogP contribution in [0.3, 0.4) is 0 Å². The monoisotopic (exact) mass is 461 g/mol. The maximum atomic E-state index is 13.7. The van der Waals surface area contributed by atoms with Crippen molar-refractivity contribution in [3.63, 3.8) is 0 Å². The minimum Gasteiger partial charge on any atom is -0.497 e. The number of ether oxygens (including phenoxy) is 3. The van der Waals surface area contributed by atoms with Crippen molar-refractivity contribution in [3.8, 4) is 5.75 Å². The molecule has 0 aromatic heterocycles. The largest absolute Gasteiger partial charge is 0.497 e. The van der Waals surface area contributed by atoms with Crippen LogP contribution in [0.2, 0.25) is 0 Å². The van der Waals surface area contributed by atoms with Crippen molar-refractivity contribution in [3.05, 3.63) is 60.2 Å². The number of hydrogen-bond donors (Lipinski definition) is 1. The van der Waals surface area contributed by atoms with Crippen molar-refractivity contribution in [2.75, 3.05) is 20.8 Å². The molecule has 32 heavy (non-hydrogen) atoms. The van der Waals surface area contributed by atoms with Gasteiger partial charge in [-0.05, 0) is 62.4 Å². The lowest BCUT2D eigenvalue weighted by molar-refractivity contribution is -0.144.